The molecule has 2 heterocycles. The maximum atomic E-state index is 12.4. The molecule has 1 fully saturated rings. The number of rotatable bonds is 4. The molecule has 2 aromatic rings. The van der Waals surface area contributed by atoms with Crippen LogP contribution in [0.15, 0.2) is 30.6 Å². The summed E-state index contributed by atoms with van der Waals surface area (Å²) in [7, 11) is 0. The number of anilines is 2. The molecule has 1 aromatic carbocycles. The number of piperazine rings is 1. The Morgan fingerprint density at radius 1 is 1.20 bits per heavy atom. The molecule has 3 rings (SSSR count). The first kappa shape index (κ1) is 17.2. The average molecular weight is 360 g/mol. The first-order valence-electron chi connectivity index (χ1n) is 7.90. The Balaban J connectivity index is 1.66. The number of aryl methyl sites for hydroxylation is 1. The summed E-state index contributed by atoms with van der Waals surface area (Å²) in [4.78, 5) is 35.4. The summed E-state index contributed by atoms with van der Waals surface area (Å²) in [6.45, 7) is 4.52. The molecule has 1 N–H and O–H groups in total. The largest absolute Gasteiger partial charge is 0.342 e. The van der Waals surface area contributed by atoms with Gasteiger partial charge in [-0.25, -0.2) is 9.97 Å². The normalized spacial score (nSPS) is 14.3. The van der Waals surface area contributed by atoms with E-state index in [0.29, 0.717) is 48.4 Å². The van der Waals surface area contributed by atoms with Gasteiger partial charge in [-0.3, -0.25) is 9.59 Å². The molecule has 0 spiro atoms. The first-order chi connectivity index (χ1) is 12.1. The van der Waals surface area contributed by atoms with Crippen LogP contribution in [0.3, 0.4) is 0 Å². The number of nitrogens with one attached hydrogen (secondary N) is 1. The summed E-state index contributed by atoms with van der Waals surface area (Å²) in [6, 6.07) is 5.32. The van der Waals surface area contributed by atoms with Gasteiger partial charge in [-0.05, 0) is 24.6 Å². The van der Waals surface area contributed by atoms with Gasteiger partial charge in [0.2, 0.25) is 12.4 Å². The lowest BCUT2D eigenvalue weighted by Crippen LogP contribution is -2.46. The number of aromatic nitrogens is 2. The van der Waals surface area contributed by atoms with E-state index < -0.39 is 0 Å². The standard InChI is InChI=1S/C17H18ClN5O2/c1-12-2-3-14(18)8-15(12)21-16(25)13-9-19-17(20-10-13)23-6-4-22(11-24)5-7-23/h2-3,8-11H,4-7H2,1H3,(H,21,25). The van der Waals surface area contributed by atoms with E-state index in [-0.39, 0.29) is 5.91 Å². The van der Waals surface area contributed by atoms with E-state index in [1.807, 2.05) is 17.9 Å². The molecule has 1 aromatic heterocycles. The maximum Gasteiger partial charge on any atom is 0.258 e. The molecular formula is C17H18ClN5O2. The number of amides is 2. The van der Waals surface area contributed by atoms with Crippen molar-refractivity contribution in [3.8, 4) is 0 Å². The summed E-state index contributed by atoms with van der Waals surface area (Å²) in [5, 5.41) is 3.37. The zero-order valence-corrected chi connectivity index (χ0v) is 14.5. The predicted octanol–water partition coefficient (Wildman–Crippen LogP) is 1.97. The second-order valence-corrected chi connectivity index (χ2v) is 6.25. The molecule has 1 aliphatic rings. The first-order valence-corrected chi connectivity index (χ1v) is 8.28. The van der Waals surface area contributed by atoms with Crippen LogP contribution in [-0.2, 0) is 4.79 Å². The summed E-state index contributed by atoms with van der Waals surface area (Å²) in [6.07, 6.45) is 3.86. The highest BCUT2D eigenvalue weighted by atomic mass is 35.5. The van der Waals surface area contributed by atoms with Crippen LogP contribution in [0, 0.1) is 6.92 Å². The van der Waals surface area contributed by atoms with Gasteiger partial charge in [-0.15, -0.1) is 0 Å². The van der Waals surface area contributed by atoms with Crippen LogP contribution in [0.5, 0.6) is 0 Å². The third-order valence-corrected chi connectivity index (χ3v) is 4.33. The van der Waals surface area contributed by atoms with Gasteiger partial charge in [-0.2, -0.15) is 0 Å². The Labute approximate surface area is 150 Å². The Kier molecular flexibility index (Phi) is 5.14. The number of carbonyl (C=O) groups excluding carboxylic acids is 2. The van der Waals surface area contributed by atoms with Gasteiger partial charge in [0.15, 0.2) is 0 Å². The number of benzene rings is 1. The molecule has 8 heteroatoms. The fourth-order valence-electron chi connectivity index (χ4n) is 2.55. The second kappa shape index (κ2) is 7.48. The molecule has 130 valence electrons. The minimum atomic E-state index is -0.289. The zero-order chi connectivity index (χ0) is 17.8. The second-order valence-electron chi connectivity index (χ2n) is 5.81. The van der Waals surface area contributed by atoms with Crippen LogP contribution < -0.4 is 10.2 Å². The van der Waals surface area contributed by atoms with E-state index in [1.165, 1.54) is 12.4 Å². The summed E-state index contributed by atoms with van der Waals surface area (Å²) in [5.41, 5.74) is 1.95. The minimum absolute atomic E-state index is 0.289. The van der Waals surface area contributed by atoms with Gasteiger partial charge in [0, 0.05) is 49.3 Å². The van der Waals surface area contributed by atoms with E-state index in [2.05, 4.69) is 15.3 Å². The Hall–Kier alpha value is -2.67. The molecule has 0 atom stereocenters. The van der Waals surface area contributed by atoms with Crippen LogP contribution in [-0.4, -0.2) is 53.4 Å². The zero-order valence-electron chi connectivity index (χ0n) is 13.8. The van der Waals surface area contributed by atoms with Crippen molar-refractivity contribution in [2.24, 2.45) is 0 Å². The van der Waals surface area contributed by atoms with Gasteiger partial charge >= 0.3 is 0 Å². The number of halogens is 1. The van der Waals surface area contributed by atoms with E-state index >= 15 is 0 Å². The highest BCUT2D eigenvalue weighted by Crippen LogP contribution is 2.21. The van der Waals surface area contributed by atoms with Crippen molar-refractivity contribution < 1.29 is 9.59 Å². The fraction of sp³-hybridized carbons (Fsp3) is 0.294. The van der Waals surface area contributed by atoms with Crippen LogP contribution in [0.1, 0.15) is 15.9 Å². The van der Waals surface area contributed by atoms with Gasteiger partial charge in [0.25, 0.3) is 5.91 Å². The van der Waals surface area contributed by atoms with E-state index in [1.54, 1.807) is 17.0 Å². The average Bonchev–Trinajstić information content (AvgIpc) is 2.65. The molecule has 2 amide bonds. The third kappa shape index (κ3) is 4.06. The van der Waals surface area contributed by atoms with Crippen molar-refractivity contribution in [1.82, 2.24) is 14.9 Å². The molecular weight excluding hydrogens is 342 g/mol. The summed E-state index contributed by atoms with van der Waals surface area (Å²) in [5.74, 6) is 0.267. The van der Waals surface area contributed by atoms with Gasteiger partial charge in [0.1, 0.15) is 0 Å². The lowest BCUT2D eigenvalue weighted by molar-refractivity contribution is -0.118. The van der Waals surface area contributed by atoms with Crippen molar-refractivity contribution in [1.29, 1.82) is 0 Å². The van der Waals surface area contributed by atoms with Crippen molar-refractivity contribution in [2.45, 2.75) is 6.92 Å². The van der Waals surface area contributed by atoms with Crippen molar-refractivity contribution in [3.63, 3.8) is 0 Å². The molecule has 0 saturated carbocycles. The van der Waals surface area contributed by atoms with Crippen LogP contribution in [0.25, 0.3) is 0 Å². The molecule has 1 saturated heterocycles. The summed E-state index contributed by atoms with van der Waals surface area (Å²) >= 11 is 5.97. The minimum Gasteiger partial charge on any atom is -0.342 e. The predicted molar refractivity (Wildman–Crippen MR) is 96.0 cm³/mol. The number of hydrogen-bond donors (Lipinski definition) is 1. The fourth-order valence-corrected chi connectivity index (χ4v) is 2.72. The SMILES string of the molecule is Cc1ccc(Cl)cc1NC(=O)c1cnc(N2CCN(C=O)CC2)nc1. The van der Waals surface area contributed by atoms with Gasteiger partial charge < -0.3 is 15.1 Å². The monoisotopic (exact) mass is 359 g/mol. The lowest BCUT2D eigenvalue weighted by atomic mass is 10.2. The number of nitrogens with zero attached hydrogens (tertiary/aromatic N) is 4. The van der Waals surface area contributed by atoms with E-state index in [9.17, 15) is 9.59 Å². The molecule has 7 nitrogen and oxygen atoms in total. The van der Waals surface area contributed by atoms with Gasteiger partial charge in [-0.1, -0.05) is 17.7 Å². The van der Waals surface area contributed by atoms with Crippen molar-refractivity contribution in [3.05, 3.63) is 46.7 Å². The Bertz CT molecular complexity index is 773. The third-order valence-electron chi connectivity index (χ3n) is 4.09. The molecule has 0 aliphatic carbocycles. The quantitative estimate of drug-likeness (QED) is 0.844. The molecule has 1 aliphatic heterocycles. The van der Waals surface area contributed by atoms with Crippen LogP contribution in [0.4, 0.5) is 11.6 Å². The van der Waals surface area contributed by atoms with E-state index in [4.69, 9.17) is 11.6 Å². The van der Waals surface area contributed by atoms with E-state index in [0.717, 1.165) is 12.0 Å². The molecule has 0 unspecified atom stereocenters. The van der Waals surface area contributed by atoms with Crippen molar-refractivity contribution in [2.75, 3.05) is 36.4 Å². The van der Waals surface area contributed by atoms with Crippen molar-refractivity contribution >= 4 is 35.6 Å². The van der Waals surface area contributed by atoms with Crippen LogP contribution >= 0.6 is 11.6 Å². The topological polar surface area (TPSA) is 78.4 Å². The summed E-state index contributed by atoms with van der Waals surface area (Å²) < 4.78 is 0. The van der Waals surface area contributed by atoms with Crippen LogP contribution in [0.2, 0.25) is 5.02 Å². The number of carbonyl (C=O) groups is 2. The molecule has 0 bridgehead atoms. The molecule has 25 heavy (non-hydrogen) atoms. The Morgan fingerprint density at radius 2 is 1.88 bits per heavy atom. The highest BCUT2D eigenvalue weighted by molar-refractivity contribution is 6.31. The highest BCUT2D eigenvalue weighted by Gasteiger charge is 2.18. The molecule has 0 radical (unpaired) electrons. The van der Waals surface area contributed by atoms with Gasteiger partial charge in [0.05, 0.1) is 5.56 Å². The number of hydrogen-bond acceptors (Lipinski definition) is 5. The smallest absolute Gasteiger partial charge is 0.258 e. The lowest BCUT2D eigenvalue weighted by Gasteiger charge is -2.32. The maximum absolute atomic E-state index is 12.4. The Morgan fingerprint density at radius 3 is 2.52 bits per heavy atom.